The summed E-state index contributed by atoms with van der Waals surface area (Å²) in [5, 5.41) is 33.4. The van der Waals surface area contributed by atoms with Gasteiger partial charge in [0.15, 0.2) is 0 Å². The van der Waals surface area contributed by atoms with Crippen LogP contribution in [-0.2, 0) is 4.79 Å². The van der Waals surface area contributed by atoms with Crippen LogP contribution in [0.2, 0.25) is 0 Å². The minimum Gasteiger partial charge on any atom is -0.394 e. The van der Waals surface area contributed by atoms with Crippen LogP contribution in [-0.4, -0.2) is 46.1 Å². The van der Waals surface area contributed by atoms with Gasteiger partial charge in [0.05, 0.1) is 18.8 Å². The van der Waals surface area contributed by atoms with Gasteiger partial charge in [0.2, 0.25) is 5.91 Å². The minimum atomic E-state index is -1.07. The summed E-state index contributed by atoms with van der Waals surface area (Å²) in [6.07, 6.45) is 56.2. The van der Waals surface area contributed by atoms with Gasteiger partial charge in [-0.25, -0.2) is 0 Å². The third-order valence-corrected chi connectivity index (χ3v) is 11.6. The van der Waals surface area contributed by atoms with E-state index in [1.165, 1.54) is 193 Å². The maximum atomic E-state index is 12.5. The molecule has 326 valence electrons. The van der Waals surface area contributed by atoms with E-state index in [1.807, 2.05) is 0 Å². The van der Waals surface area contributed by atoms with Crippen LogP contribution in [0.1, 0.15) is 264 Å². The van der Waals surface area contributed by atoms with Crippen LogP contribution in [0.3, 0.4) is 0 Å². The van der Waals surface area contributed by atoms with Crippen molar-refractivity contribution in [1.82, 2.24) is 5.32 Å². The maximum absolute atomic E-state index is 12.5. The van der Waals surface area contributed by atoms with Crippen molar-refractivity contribution in [2.24, 2.45) is 0 Å². The monoisotopic (exact) mass is 776 g/mol. The fourth-order valence-corrected chi connectivity index (χ4v) is 7.76. The average Bonchev–Trinajstić information content (AvgIpc) is 3.19. The Kier molecular flexibility index (Phi) is 44.6. The molecule has 0 bridgehead atoms. The second-order valence-corrected chi connectivity index (χ2v) is 17.0. The van der Waals surface area contributed by atoms with E-state index in [1.54, 1.807) is 0 Å². The number of hydrogen-bond donors (Lipinski definition) is 4. The van der Waals surface area contributed by atoms with Gasteiger partial charge < -0.3 is 20.6 Å². The van der Waals surface area contributed by atoms with Crippen molar-refractivity contribution in [1.29, 1.82) is 0 Å². The highest BCUT2D eigenvalue weighted by atomic mass is 16.3. The Morgan fingerprint density at radius 2 is 0.800 bits per heavy atom. The van der Waals surface area contributed by atoms with Crippen molar-refractivity contribution < 1.29 is 20.1 Å². The van der Waals surface area contributed by atoms with Crippen LogP contribution in [0.4, 0.5) is 0 Å². The molecule has 3 unspecified atom stereocenters. The zero-order valence-corrected chi connectivity index (χ0v) is 37.1. The SMILES string of the molecule is CC/C=C\C/C=C\CCCCCCCCCCCCCCCC(O)C(=O)NC(CO)C(O)CCCCCCCCCCCCCCCCCCCCCCC. The molecule has 0 spiro atoms. The second-order valence-electron chi connectivity index (χ2n) is 17.0. The highest BCUT2D eigenvalue weighted by Gasteiger charge is 2.23. The molecular weight excluding hydrogens is 679 g/mol. The number of amides is 1. The standard InChI is InChI=1S/C50H97NO4/c1-3-5-7-9-11-13-15-17-19-21-23-25-27-28-30-32-34-36-38-40-42-44-48(53)47(46-52)51-50(55)49(54)45-43-41-39-37-35-33-31-29-26-24-22-20-18-16-14-12-10-8-6-4-2/h6,8,12,14,47-49,52-54H,3-5,7,9-11,13,15-46H2,1-2H3,(H,51,55)/b8-6-,14-12-. The summed E-state index contributed by atoms with van der Waals surface area (Å²) in [6, 6.07) is -0.711. The van der Waals surface area contributed by atoms with Crippen molar-refractivity contribution >= 4 is 5.91 Å². The van der Waals surface area contributed by atoms with Gasteiger partial charge >= 0.3 is 0 Å². The molecule has 1 amide bonds. The Morgan fingerprint density at radius 3 is 1.18 bits per heavy atom. The van der Waals surface area contributed by atoms with E-state index in [0.717, 1.165) is 44.9 Å². The zero-order chi connectivity index (χ0) is 40.1. The number of aliphatic hydroxyl groups excluding tert-OH is 3. The maximum Gasteiger partial charge on any atom is 0.249 e. The molecule has 3 atom stereocenters. The number of allylic oxidation sites excluding steroid dienone is 4. The molecule has 0 aliphatic rings. The molecule has 0 aromatic rings. The number of unbranched alkanes of at least 4 members (excludes halogenated alkanes) is 33. The summed E-state index contributed by atoms with van der Waals surface area (Å²) < 4.78 is 0. The highest BCUT2D eigenvalue weighted by molar-refractivity contribution is 5.80. The molecule has 0 rings (SSSR count). The van der Waals surface area contributed by atoms with Crippen molar-refractivity contribution in [2.75, 3.05) is 6.61 Å². The number of aliphatic hydroxyl groups is 3. The Balaban J connectivity index is 3.56. The quantitative estimate of drug-likeness (QED) is 0.0366. The number of hydrogen-bond acceptors (Lipinski definition) is 4. The summed E-state index contributed by atoms with van der Waals surface area (Å²) in [7, 11) is 0. The zero-order valence-electron chi connectivity index (χ0n) is 37.1. The average molecular weight is 776 g/mol. The topological polar surface area (TPSA) is 89.8 Å². The third-order valence-electron chi connectivity index (χ3n) is 11.6. The summed E-state index contributed by atoms with van der Waals surface area (Å²) in [6.45, 7) is 4.15. The minimum absolute atomic E-state index is 0.311. The van der Waals surface area contributed by atoms with Gasteiger partial charge in [-0.05, 0) is 38.5 Å². The first kappa shape index (κ1) is 53.8. The van der Waals surface area contributed by atoms with Crippen LogP contribution in [0.5, 0.6) is 0 Å². The van der Waals surface area contributed by atoms with Gasteiger partial charge in [-0.15, -0.1) is 0 Å². The van der Waals surface area contributed by atoms with E-state index in [2.05, 4.69) is 43.5 Å². The van der Waals surface area contributed by atoms with Crippen LogP contribution in [0.25, 0.3) is 0 Å². The molecule has 0 radical (unpaired) electrons. The molecule has 0 fully saturated rings. The first-order valence-corrected chi connectivity index (χ1v) is 24.6. The van der Waals surface area contributed by atoms with E-state index in [4.69, 9.17) is 0 Å². The molecule has 0 aliphatic carbocycles. The fourth-order valence-electron chi connectivity index (χ4n) is 7.76. The summed E-state index contributed by atoms with van der Waals surface area (Å²) in [5.74, 6) is -0.468. The number of nitrogens with one attached hydrogen (secondary N) is 1. The number of rotatable bonds is 45. The summed E-state index contributed by atoms with van der Waals surface area (Å²) in [4.78, 5) is 12.5. The van der Waals surface area contributed by atoms with Crippen LogP contribution in [0, 0.1) is 0 Å². The Bertz CT molecular complexity index is 814. The van der Waals surface area contributed by atoms with Crippen LogP contribution in [0.15, 0.2) is 24.3 Å². The Labute approximate surface area is 343 Å². The number of carbonyl (C=O) groups is 1. The normalized spacial score (nSPS) is 13.6. The lowest BCUT2D eigenvalue weighted by molar-refractivity contribution is -0.131. The second kappa shape index (κ2) is 45.5. The van der Waals surface area contributed by atoms with E-state index in [-0.39, 0.29) is 6.61 Å². The van der Waals surface area contributed by atoms with E-state index in [9.17, 15) is 20.1 Å². The van der Waals surface area contributed by atoms with Crippen molar-refractivity contribution in [3.63, 3.8) is 0 Å². The highest BCUT2D eigenvalue weighted by Crippen LogP contribution is 2.17. The first-order valence-electron chi connectivity index (χ1n) is 24.6. The van der Waals surface area contributed by atoms with Crippen LogP contribution < -0.4 is 5.32 Å². The molecule has 0 aromatic carbocycles. The molecule has 55 heavy (non-hydrogen) atoms. The Morgan fingerprint density at radius 1 is 0.455 bits per heavy atom. The summed E-state index contributed by atoms with van der Waals surface area (Å²) in [5.41, 5.74) is 0. The molecule has 5 nitrogen and oxygen atoms in total. The van der Waals surface area contributed by atoms with Gasteiger partial charge in [0, 0.05) is 0 Å². The van der Waals surface area contributed by atoms with E-state index >= 15 is 0 Å². The predicted molar refractivity (Wildman–Crippen MR) is 241 cm³/mol. The van der Waals surface area contributed by atoms with Gasteiger partial charge in [-0.3, -0.25) is 4.79 Å². The van der Waals surface area contributed by atoms with Gasteiger partial charge in [-0.1, -0.05) is 250 Å². The van der Waals surface area contributed by atoms with Crippen molar-refractivity contribution in [3.8, 4) is 0 Å². The molecule has 4 N–H and O–H groups in total. The first-order chi connectivity index (χ1) is 27.1. The van der Waals surface area contributed by atoms with Gasteiger partial charge in [0.1, 0.15) is 6.10 Å². The van der Waals surface area contributed by atoms with Gasteiger partial charge in [0.25, 0.3) is 0 Å². The number of carbonyl (C=O) groups excluding carboxylic acids is 1. The lowest BCUT2D eigenvalue weighted by atomic mass is 10.0. The van der Waals surface area contributed by atoms with Crippen LogP contribution >= 0.6 is 0 Å². The summed E-state index contributed by atoms with van der Waals surface area (Å²) >= 11 is 0. The van der Waals surface area contributed by atoms with E-state index < -0.39 is 24.2 Å². The molecule has 0 saturated carbocycles. The smallest absolute Gasteiger partial charge is 0.249 e. The predicted octanol–water partition coefficient (Wildman–Crippen LogP) is 14.6. The van der Waals surface area contributed by atoms with Gasteiger partial charge in [-0.2, -0.15) is 0 Å². The fraction of sp³-hybridized carbons (Fsp3) is 0.900. The molecule has 0 aliphatic heterocycles. The lowest BCUT2D eigenvalue weighted by Gasteiger charge is -2.23. The molecular formula is C50H97NO4. The molecule has 5 heteroatoms. The van der Waals surface area contributed by atoms with Crippen molar-refractivity contribution in [2.45, 2.75) is 283 Å². The van der Waals surface area contributed by atoms with Crippen molar-refractivity contribution in [3.05, 3.63) is 24.3 Å². The third kappa shape index (κ3) is 40.8. The Hall–Kier alpha value is -1.17. The molecule has 0 saturated heterocycles. The molecule has 0 aromatic heterocycles. The lowest BCUT2D eigenvalue weighted by Crippen LogP contribution is -2.49. The molecule has 0 heterocycles. The van der Waals surface area contributed by atoms with E-state index in [0.29, 0.717) is 12.8 Å². The largest absolute Gasteiger partial charge is 0.394 e.